The lowest BCUT2D eigenvalue weighted by Gasteiger charge is -2.68. The van der Waals surface area contributed by atoms with Crippen LogP contribution in [0.25, 0.3) is 0 Å². The average Bonchev–Trinajstić information content (AvgIpc) is 3.52. The molecule has 254 valence electrons. The summed E-state index contributed by atoms with van der Waals surface area (Å²) in [6, 6.07) is 0. The van der Waals surface area contributed by atoms with Crippen molar-refractivity contribution in [2.24, 2.45) is 80.3 Å². The van der Waals surface area contributed by atoms with Gasteiger partial charge in [0.1, 0.15) is 5.78 Å². The number of ether oxygens (including phenoxy) is 1. The van der Waals surface area contributed by atoms with Gasteiger partial charge in [0.2, 0.25) is 0 Å². The molecule has 0 aromatic rings. The third kappa shape index (κ3) is 3.27. The first-order valence-electron chi connectivity index (χ1n) is 19.9. The molecule has 0 heterocycles. The van der Waals surface area contributed by atoms with Gasteiger partial charge in [0.15, 0.2) is 11.6 Å². The van der Waals surface area contributed by atoms with Gasteiger partial charge in [-0.1, -0.05) is 38.8 Å². The van der Waals surface area contributed by atoms with Crippen LogP contribution in [0.2, 0.25) is 0 Å². The van der Waals surface area contributed by atoms with E-state index >= 15 is 4.79 Å². The van der Waals surface area contributed by atoms with Crippen LogP contribution < -0.4 is 0 Å². The molecule has 1 spiro atoms. The highest BCUT2D eigenvalue weighted by atomic mass is 16.5. The third-order valence-corrected chi connectivity index (χ3v) is 19.6. The topological polar surface area (TPSA) is 60.4 Å². The lowest BCUT2D eigenvalue weighted by atomic mass is 9.36. The summed E-state index contributed by atoms with van der Waals surface area (Å²) >= 11 is 0. The zero-order valence-corrected chi connectivity index (χ0v) is 29.8. The van der Waals surface area contributed by atoms with Crippen molar-refractivity contribution in [3.05, 3.63) is 23.3 Å². The normalized spacial score (nSPS) is 58.6. The molecule has 4 heteroatoms. The lowest BCUT2D eigenvalue weighted by Crippen LogP contribution is -2.71. The maximum atomic E-state index is 15.2. The summed E-state index contributed by atoms with van der Waals surface area (Å²) in [4.78, 5) is 40.2. The predicted octanol–water partition coefficient (Wildman–Crippen LogP) is 8.87. The second-order valence-electron chi connectivity index (χ2n) is 20.1. The summed E-state index contributed by atoms with van der Waals surface area (Å²) in [5.41, 5.74) is 3.06. The standard InChI is InChI=1S/C43H58O4/c1-38-14-10-27(44)18-24(38)6-8-29-31(38)12-16-40(3)33(29)21-35-37(40)42(47-5)22-26-20-34-30-9-7-25-19-28(45)11-15-39(25,2)32(30)13-17-41(34,4)43(26,35)36(46)23-42/h18-19,26,29-35,37H,6-17,20-23H2,1-5H3/t26-,29+,30-,31+,32+,33-,34+,35-,37+,38+,39+,40-,41+,42+,43-/m1/s1. The lowest BCUT2D eigenvalue weighted by molar-refractivity contribution is -0.242. The summed E-state index contributed by atoms with van der Waals surface area (Å²) < 4.78 is 6.81. The maximum Gasteiger partial charge on any atom is 0.155 e. The van der Waals surface area contributed by atoms with Gasteiger partial charge in [-0.05, 0) is 171 Å². The molecular formula is C43H58O4. The highest BCUT2D eigenvalue weighted by Crippen LogP contribution is 2.84. The maximum absolute atomic E-state index is 15.2. The molecule has 0 amide bonds. The quantitative estimate of drug-likeness (QED) is 0.288. The van der Waals surface area contributed by atoms with Gasteiger partial charge in [-0.3, -0.25) is 14.4 Å². The molecule has 47 heavy (non-hydrogen) atoms. The molecule has 0 aromatic carbocycles. The van der Waals surface area contributed by atoms with E-state index in [0.717, 1.165) is 38.5 Å². The van der Waals surface area contributed by atoms with E-state index in [4.69, 9.17) is 4.74 Å². The van der Waals surface area contributed by atoms with Crippen molar-refractivity contribution < 1.29 is 19.1 Å². The van der Waals surface area contributed by atoms with Crippen LogP contribution in [0.1, 0.15) is 130 Å². The first-order chi connectivity index (χ1) is 22.4. The molecule has 11 rings (SSSR count). The number of hydrogen-bond donors (Lipinski definition) is 0. The highest BCUT2D eigenvalue weighted by Gasteiger charge is 2.83. The van der Waals surface area contributed by atoms with Gasteiger partial charge in [-0.15, -0.1) is 0 Å². The van der Waals surface area contributed by atoms with E-state index in [0.29, 0.717) is 83.5 Å². The number of hydrogen-bond acceptors (Lipinski definition) is 4. The minimum atomic E-state index is -0.299. The molecule has 0 N–H and O–H groups in total. The smallest absolute Gasteiger partial charge is 0.155 e. The number of Topliss-reactive ketones (excluding diaryl/α,β-unsaturated/α-hetero) is 1. The highest BCUT2D eigenvalue weighted by molar-refractivity contribution is 5.92. The average molecular weight is 639 g/mol. The Morgan fingerprint density at radius 2 is 1.26 bits per heavy atom. The van der Waals surface area contributed by atoms with Crippen molar-refractivity contribution in [3.8, 4) is 0 Å². The van der Waals surface area contributed by atoms with E-state index in [1.165, 1.54) is 62.5 Å². The summed E-state index contributed by atoms with van der Waals surface area (Å²) in [5, 5.41) is 0. The van der Waals surface area contributed by atoms with Crippen LogP contribution >= 0.6 is 0 Å². The summed E-state index contributed by atoms with van der Waals surface area (Å²) in [5.74, 6) is 6.64. The zero-order chi connectivity index (χ0) is 32.5. The van der Waals surface area contributed by atoms with Gasteiger partial charge in [-0.2, -0.15) is 0 Å². The Labute approximate surface area is 282 Å². The fraction of sp³-hybridized carbons (Fsp3) is 0.837. The number of methoxy groups -OCH3 is 1. The monoisotopic (exact) mass is 638 g/mol. The van der Waals surface area contributed by atoms with E-state index in [2.05, 4.69) is 33.8 Å². The van der Waals surface area contributed by atoms with Crippen LogP contribution in [0, 0.1) is 80.3 Å². The Balaban J connectivity index is 1.06. The van der Waals surface area contributed by atoms with Crippen LogP contribution in [0.4, 0.5) is 0 Å². The predicted molar refractivity (Wildman–Crippen MR) is 181 cm³/mol. The van der Waals surface area contributed by atoms with Crippen molar-refractivity contribution in [1.82, 2.24) is 0 Å². The van der Waals surface area contributed by atoms with Gasteiger partial charge in [0.05, 0.1) is 5.60 Å². The number of carbonyl (C=O) groups is 3. The number of carbonyl (C=O) groups excluding carboxylic acids is 3. The molecule has 0 radical (unpaired) electrons. The van der Waals surface area contributed by atoms with Crippen LogP contribution in [0.5, 0.6) is 0 Å². The van der Waals surface area contributed by atoms with Gasteiger partial charge in [0, 0.05) is 31.8 Å². The van der Waals surface area contributed by atoms with Gasteiger partial charge >= 0.3 is 0 Å². The summed E-state index contributed by atoms with van der Waals surface area (Å²) in [7, 11) is 1.96. The molecule has 11 aliphatic carbocycles. The molecule has 0 aliphatic heterocycles. The molecule has 2 bridgehead atoms. The Hall–Kier alpha value is -1.55. The fourth-order valence-electron chi connectivity index (χ4n) is 18.0. The molecule has 0 aromatic heterocycles. The van der Waals surface area contributed by atoms with Gasteiger partial charge in [0.25, 0.3) is 0 Å². The van der Waals surface area contributed by atoms with Crippen LogP contribution in [-0.2, 0) is 19.1 Å². The van der Waals surface area contributed by atoms with Gasteiger partial charge in [-0.25, -0.2) is 0 Å². The SMILES string of the molecule is CO[C@]12CC(=O)[C@@]3([C@H](C[C@H]4[C@@H]5CCC6=CC(=O)CC[C@]6(C)[C@H]5CC[C@@]43C)C1)[C@@H]1C[C@@H]3[C@H]4CCC5=CC(=O)CC[C@]5(C)[C@H]4CC[C@@]3(C)[C@H]12. The molecule has 9 saturated carbocycles. The molecule has 0 unspecified atom stereocenters. The van der Waals surface area contributed by atoms with Crippen LogP contribution in [0.15, 0.2) is 23.3 Å². The minimum absolute atomic E-state index is 0.0721. The van der Waals surface area contributed by atoms with Crippen molar-refractivity contribution in [2.75, 3.05) is 7.11 Å². The Morgan fingerprint density at radius 3 is 1.87 bits per heavy atom. The fourth-order valence-corrected chi connectivity index (χ4v) is 18.0. The second-order valence-corrected chi connectivity index (χ2v) is 20.1. The van der Waals surface area contributed by atoms with E-state index < -0.39 is 0 Å². The zero-order valence-electron chi connectivity index (χ0n) is 29.8. The van der Waals surface area contributed by atoms with E-state index in [-0.39, 0.29) is 32.7 Å². The second kappa shape index (κ2) is 9.21. The Bertz CT molecular complexity index is 1550. The van der Waals surface area contributed by atoms with Gasteiger partial charge < -0.3 is 4.74 Å². The molecule has 11 aliphatic rings. The number of ketones is 3. The molecule has 4 nitrogen and oxygen atoms in total. The first kappa shape index (κ1) is 30.3. The largest absolute Gasteiger partial charge is 0.377 e. The first-order valence-corrected chi connectivity index (χ1v) is 19.9. The number of rotatable bonds is 1. The third-order valence-electron chi connectivity index (χ3n) is 19.6. The van der Waals surface area contributed by atoms with Crippen molar-refractivity contribution in [3.63, 3.8) is 0 Å². The number of fused-ring (bicyclic) bond motifs is 11. The molecular weight excluding hydrogens is 580 g/mol. The Kier molecular flexibility index (Phi) is 5.94. The van der Waals surface area contributed by atoms with Crippen LogP contribution in [-0.4, -0.2) is 30.1 Å². The van der Waals surface area contributed by atoms with E-state index in [9.17, 15) is 9.59 Å². The Morgan fingerprint density at radius 1 is 0.660 bits per heavy atom. The number of allylic oxidation sites excluding steroid dienone is 2. The molecule has 15 atom stereocenters. The molecule has 0 saturated heterocycles. The summed E-state index contributed by atoms with van der Waals surface area (Å²) in [6.45, 7) is 10.3. The van der Waals surface area contributed by atoms with E-state index in [1.54, 1.807) is 0 Å². The van der Waals surface area contributed by atoms with Crippen molar-refractivity contribution in [1.29, 1.82) is 0 Å². The van der Waals surface area contributed by atoms with Crippen molar-refractivity contribution in [2.45, 2.75) is 136 Å². The van der Waals surface area contributed by atoms with Crippen molar-refractivity contribution >= 4 is 17.3 Å². The molecule has 9 fully saturated rings. The minimum Gasteiger partial charge on any atom is -0.377 e. The summed E-state index contributed by atoms with van der Waals surface area (Å²) in [6.07, 6.45) is 21.3. The van der Waals surface area contributed by atoms with Crippen LogP contribution in [0.3, 0.4) is 0 Å². The van der Waals surface area contributed by atoms with E-state index in [1.807, 2.05) is 13.2 Å².